The summed E-state index contributed by atoms with van der Waals surface area (Å²) in [6.07, 6.45) is 0. The van der Waals surface area contributed by atoms with Crippen molar-refractivity contribution in [3.8, 4) is 0 Å². The Bertz CT molecular complexity index is 407. The van der Waals surface area contributed by atoms with Gasteiger partial charge in [-0.2, -0.15) is 0 Å². The molecule has 0 aliphatic carbocycles. The molecule has 0 unspecified atom stereocenters. The first-order valence-electron chi connectivity index (χ1n) is 4.86. The summed E-state index contributed by atoms with van der Waals surface area (Å²) in [4.78, 5) is 0.409. The molecule has 84 valence electrons. The normalized spacial score (nSPS) is 12.0. The Kier molecular flexibility index (Phi) is 4.34. The van der Waals surface area contributed by atoms with E-state index < -0.39 is 9.84 Å². The van der Waals surface area contributed by atoms with E-state index >= 15 is 0 Å². The first-order chi connectivity index (χ1) is 6.97. The molecular formula is C11H15BrO2S. The standard InChI is InChI=1S/C11H15BrO2S/c1-9(2)10-3-5-11(6-4-10)15(13,14)8-7-12/h3-6,9H,7-8H2,1-2H3. The number of sulfone groups is 1. The Balaban J connectivity index is 2.99. The topological polar surface area (TPSA) is 34.1 Å². The van der Waals surface area contributed by atoms with Gasteiger partial charge in [0.1, 0.15) is 0 Å². The molecule has 0 saturated carbocycles. The zero-order chi connectivity index (χ0) is 11.5. The molecule has 0 aliphatic rings. The Labute approximate surface area is 99.7 Å². The molecule has 0 bridgehead atoms. The quantitative estimate of drug-likeness (QED) is 0.799. The second-order valence-electron chi connectivity index (χ2n) is 3.73. The van der Waals surface area contributed by atoms with E-state index in [9.17, 15) is 8.42 Å². The lowest BCUT2D eigenvalue weighted by molar-refractivity contribution is 0.597. The van der Waals surface area contributed by atoms with Crippen LogP contribution in [0.15, 0.2) is 29.2 Å². The molecule has 1 rings (SSSR count). The van der Waals surface area contributed by atoms with E-state index in [1.165, 1.54) is 0 Å². The van der Waals surface area contributed by atoms with Crippen LogP contribution in [0.3, 0.4) is 0 Å². The van der Waals surface area contributed by atoms with Crippen molar-refractivity contribution < 1.29 is 8.42 Å². The van der Waals surface area contributed by atoms with Crippen molar-refractivity contribution in [2.45, 2.75) is 24.7 Å². The monoisotopic (exact) mass is 290 g/mol. The van der Waals surface area contributed by atoms with Crippen LogP contribution in [0.1, 0.15) is 25.3 Å². The van der Waals surface area contributed by atoms with Crippen LogP contribution in [0.4, 0.5) is 0 Å². The lowest BCUT2D eigenvalue weighted by Crippen LogP contribution is -2.07. The van der Waals surface area contributed by atoms with Crippen LogP contribution in [-0.4, -0.2) is 19.5 Å². The molecule has 2 nitrogen and oxygen atoms in total. The predicted octanol–water partition coefficient (Wildman–Crippen LogP) is 2.98. The lowest BCUT2D eigenvalue weighted by atomic mass is 10.0. The first-order valence-corrected chi connectivity index (χ1v) is 7.63. The van der Waals surface area contributed by atoms with Gasteiger partial charge < -0.3 is 0 Å². The van der Waals surface area contributed by atoms with Gasteiger partial charge in [-0.1, -0.05) is 41.9 Å². The van der Waals surface area contributed by atoms with Gasteiger partial charge in [-0.3, -0.25) is 0 Å². The highest BCUT2D eigenvalue weighted by atomic mass is 79.9. The maximum absolute atomic E-state index is 11.7. The Hall–Kier alpha value is -0.350. The van der Waals surface area contributed by atoms with Gasteiger partial charge >= 0.3 is 0 Å². The summed E-state index contributed by atoms with van der Waals surface area (Å²) in [5, 5.41) is 0.473. The number of rotatable bonds is 4. The molecule has 0 N–H and O–H groups in total. The number of alkyl halides is 1. The zero-order valence-electron chi connectivity index (χ0n) is 8.90. The number of hydrogen-bond acceptors (Lipinski definition) is 2. The molecule has 0 fully saturated rings. The molecule has 0 aromatic heterocycles. The molecule has 1 aromatic rings. The van der Waals surface area contributed by atoms with Crippen LogP contribution in [0.5, 0.6) is 0 Å². The average molecular weight is 291 g/mol. The Morgan fingerprint density at radius 3 is 2.13 bits per heavy atom. The average Bonchev–Trinajstić information content (AvgIpc) is 2.18. The molecule has 0 spiro atoms. The van der Waals surface area contributed by atoms with Crippen molar-refractivity contribution in [1.82, 2.24) is 0 Å². The van der Waals surface area contributed by atoms with Crippen molar-refractivity contribution >= 4 is 25.8 Å². The van der Waals surface area contributed by atoms with E-state index in [1.807, 2.05) is 12.1 Å². The third-order valence-electron chi connectivity index (χ3n) is 2.25. The van der Waals surface area contributed by atoms with E-state index in [0.29, 0.717) is 16.1 Å². The van der Waals surface area contributed by atoms with E-state index in [2.05, 4.69) is 29.8 Å². The highest BCUT2D eigenvalue weighted by Crippen LogP contribution is 2.18. The van der Waals surface area contributed by atoms with Crippen LogP contribution >= 0.6 is 15.9 Å². The van der Waals surface area contributed by atoms with E-state index in [4.69, 9.17) is 0 Å². The summed E-state index contributed by atoms with van der Waals surface area (Å²) < 4.78 is 23.4. The SMILES string of the molecule is CC(C)c1ccc(S(=O)(=O)CCBr)cc1. The molecule has 4 heteroatoms. The molecular weight excluding hydrogens is 276 g/mol. The minimum absolute atomic E-state index is 0.147. The van der Waals surface area contributed by atoms with Crippen LogP contribution in [0.25, 0.3) is 0 Å². The maximum Gasteiger partial charge on any atom is 0.179 e. The molecule has 15 heavy (non-hydrogen) atoms. The van der Waals surface area contributed by atoms with E-state index in [1.54, 1.807) is 12.1 Å². The largest absolute Gasteiger partial charge is 0.224 e. The van der Waals surface area contributed by atoms with Crippen molar-refractivity contribution in [1.29, 1.82) is 0 Å². The second-order valence-corrected chi connectivity index (χ2v) is 6.63. The summed E-state index contributed by atoms with van der Waals surface area (Å²) >= 11 is 3.14. The highest BCUT2D eigenvalue weighted by Gasteiger charge is 2.13. The zero-order valence-corrected chi connectivity index (χ0v) is 11.3. The Morgan fingerprint density at radius 2 is 1.73 bits per heavy atom. The molecule has 1 aromatic carbocycles. The van der Waals surface area contributed by atoms with Crippen LogP contribution in [0, 0.1) is 0 Å². The van der Waals surface area contributed by atoms with Crippen molar-refractivity contribution in [3.05, 3.63) is 29.8 Å². The molecule has 0 atom stereocenters. The molecule has 0 aliphatic heterocycles. The van der Waals surface area contributed by atoms with Gasteiger partial charge in [-0.25, -0.2) is 8.42 Å². The minimum atomic E-state index is -3.10. The van der Waals surface area contributed by atoms with Gasteiger partial charge in [0, 0.05) is 5.33 Å². The second kappa shape index (κ2) is 5.12. The van der Waals surface area contributed by atoms with Crippen molar-refractivity contribution in [3.63, 3.8) is 0 Å². The number of halogens is 1. The smallest absolute Gasteiger partial charge is 0.179 e. The van der Waals surface area contributed by atoms with Gasteiger partial charge in [0.2, 0.25) is 0 Å². The van der Waals surface area contributed by atoms with Crippen LogP contribution < -0.4 is 0 Å². The summed E-state index contributed by atoms with van der Waals surface area (Å²) in [7, 11) is -3.10. The third-order valence-corrected chi connectivity index (χ3v) is 4.91. The van der Waals surface area contributed by atoms with Gasteiger partial charge in [0.15, 0.2) is 9.84 Å². The maximum atomic E-state index is 11.7. The fourth-order valence-electron chi connectivity index (χ4n) is 1.28. The minimum Gasteiger partial charge on any atom is -0.224 e. The Morgan fingerprint density at radius 1 is 1.20 bits per heavy atom. The van der Waals surface area contributed by atoms with Gasteiger partial charge in [-0.15, -0.1) is 0 Å². The lowest BCUT2D eigenvalue weighted by Gasteiger charge is -2.06. The summed E-state index contributed by atoms with van der Waals surface area (Å²) in [5.74, 6) is 0.575. The molecule has 0 heterocycles. The molecule has 0 radical (unpaired) electrons. The van der Waals surface area contributed by atoms with Gasteiger partial charge in [0.25, 0.3) is 0 Å². The summed E-state index contributed by atoms with van der Waals surface area (Å²) in [6.45, 7) is 4.17. The van der Waals surface area contributed by atoms with E-state index in [-0.39, 0.29) is 5.75 Å². The van der Waals surface area contributed by atoms with Crippen LogP contribution in [0.2, 0.25) is 0 Å². The van der Waals surface area contributed by atoms with E-state index in [0.717, 1.165) is 5.56 Å². The van der Waals surface area contributed by atoms with Crippen molar-refractivity contribution in [2.24, 2.45) is 0 Å². The summed E-state index contributed by atoms with van der Waals surface area (Å²) in [5.41, 5.74) is 1.16. The molecule has 0 saturated heterocycles. The predicted molar refractivity (Wildman–Crippen MR) is 66.4 cm³/mol. The van der Waals surface area contributed by atoms with Crippen molar-refractivity contribution in [2.75, 3.05) is 11.1 Å². The van der Waals surface area contributed by atoms with Gasteiger partial charge in [0.05, 0.1) is 10.6 Å². The fourth-order valence-corrected chi connectivity index (χ4v) is 3.55. The molecule has 0 amide bonds. The number of hydrogen-bond donors (Lipinski definition) is 0. The number of benzene rings is 1. The fraction of sp³-hybridized carbons (Fsp3) is 0.455. The first kappa shape index (κ1) is 12.7. The highest BCUT2D eigenvalue weighted by molar-refractivity contribution is 9.09. The third kappa shape index (κ3) is 3.31. The summed E-state index contributed by atoms with van der Waals surface area (Å²) in [6, 6.07) is 7.14. The van der Waals surface area contributed by atoms with Gasteiger partial charge in [-0.05, 0) is 23.6 Å². The van der Waals surface area contributed by atoms with Crippen LogP contribution in [-0.2, 0) is 9.84 Å².